The fourth-order valence-electron chi connectivity index (χ4n) is 3.24. The molecule has 0 saturated carbocycles. The number of ether oxygens (including phenoxy) is 2. The molecule has 0 bridgehead atoms. The summed E-state index contributed by atoms with van der Waals surface area (Å²) < 4.78 is 9.93. The maximum atomic E-state index is 13.0. The molecule has 0 aromatic rings. The molecule has 0 radical (unpaired) electrons. The van der Waals surface area contributed by atoms with Crippen LogP contribution in [0.25, 0.3) is 0 Å². The predicted molar refractivity (Wildman–Crippen MR) is 103 cm³/mol. The van der Waals surface area contributed by atoms with Gasteiger partial charge in [-0.05, 0) is 20.8 Å². The summed E-state index contributed by atoms with van der Waals surface area (Å²) in [5.74, 6) is -1.10. The van der Waals surface area contributed by atoms with Crippen molar-refractivity contribution >= 4 is 23.9 Å². The number of hydrogen-bond acceptors (Lipinski definition) is 6. The molecule has 164 valence electrons. The van der Waals surface area contributed by atoms with Gasteiger partial charge in [0.25, 0.3) is 0 Å². The predicted octanol–water partition coefficient (Wildman–Crippen LogP) is -0.779. The molecule has 2 unspecified atom stereocenters. The summed E-state index contributed by atoms with van der Waals surface area (Å²) in [4.78, 5) is 54.6. The van der Waals surface area contributed by atoms with E-state index in [1.165, 1.54) is 23.8 Å². The van der Waals surface area contributed by atoms with Crippen molar-refractivity contribution in [2.24, 2.45) is 0 Å². The monoisotopic (exact) mass is 413 g/mol. The lowest BCUT2D eigenvalue weighted by molar-refractivity contribution is -0.145. The Hall–Kier alpha value is -2.56. The van der Waals surface area contributed by atoms with Crippen LogP contribution in [0.4, 0.5) is 9.59 Å². The van der Waals surface area contributed by atoms with Gasteiger partial charge in [-0.15, -0.1) is 0 Å². The third-order valence-corrected chi connectivity index (χ3v) is 4.82. The molecule has 2 rings (SSSR count). The van der Waals surface area contributed by atoms with Gasteiger partial charge in [0.15, 0.2) is 0 Å². The van der Waals surface area contributed by atoms with Gasteiger partial charge in [0.2, 0.25) is 5.91 Å². The SMILES string of the molecule is COC(=O)C(C)NC(=O)C1CN(C(=O)NC(C)C)CCN1C(=O)N1CCOCC1. The van der Waals surface area contributed by atoms with E-state index in [4.69, 9.17) is 4.74 Å². The van der Waals surface area contributed by atoms with Crippen LogP contribution in [0.5, 0.6) is 0 Å². The Labute approximate surface area is 170 Å². The first kappa shape index (κ1) is 22.7. The summed E-state index contributed by atoms with van der Waals surface area (Å²) in [6, 6.07) is -2.40. The molecule has 0 aromatic carbocycles. The van der Waals surface area contributed by atoms with Gasteiger partial charge in [0, 0.05) is 32.2 Å². The minimum Gasteiger partial charge on any atom is -0.467 e. The fraction of sp³-hybridized carbons (Fsp3) is 0.778. The molecule has 0 aliphatic carbocycles. The van der Waals surface area contributed by atoms with Crippen LogP contribution in [0.1, 0.15) is 20.8 Å². The largest absolute Gasteiger partial charge is 0.467 e. The van der Waals surface area contributed by atoms with E-state index < -0.39 is 24.0 Å². The highest BCUT2D eigenvalue weighted by molar-refractivity contribution is 5.91. The summed E-state index contributed by atoms with van der Waals surface area (Å²) in [6.07, 6.45) is 0. The van der Waals surface area contributed by atoms with Crippen molar-refractivity contribution in [1.82, 2.24) is 25.3 Å². The summed E-state index contributed by atoms with van der Waals surface area (Å²) in [5, 5.41) is 5.38. The number of carbonyl (C=O) groups excluding carboxylic acids is 4. The van der Waals surface area contributed by atoms with E-state index in [1.54, 1.807) is 4.90 Å². The van der Waals surface area contributed by atoms with Gasteiger partial charge < -0.3 is 34.8 Å². The number of piperazine rings is 1. The van der Waals surface area contributed by atoms with Crippen LogP contribution in [0.3, 0.4) is 0 Å². The highest BCUT2D eigenvalue weighted by Crippen LogP contribution is 2.15. The quantitative estimate of drug-likeness (QED) is 0.584. The molecular weight excluding hydrogens is 382 g/mol. The third kappa shape index (κ3) is 5.96. The van der Waals surface area contributed by atoms with E-state index in [-0.39, 0.29) is 31.2 Å². The number of carbonyl (C=O) groups is 4. The summed E-state index contributed by atoms with van der Waals surface area (Å²) in [7, 11) is 1.23. The van der Waals surface area contributed by atoms with E-state index in [0.29, 0.717) is 32.8 Å². The number of esters is 1. The van der Waals surface area contributed by atoms with Gasteiger partial charge in [-0.2, -0.15) is 0 Å². The Kier molecular flexibility index (Phi) is 8.06. The fourth-order valence-corrected chi connectivity index (χ4v) is 3.24. The smallest absolute Gasteiger partial charge is 0.328 e. The summed E-state index contributed by atoms with van der Waals surface area (Å²) >= 11 is 0. The van der Waals surface area contributed by atoms with Gasteiger partial charge in [0.1, 0.15) is 12.1 Å². The molecule has 2 saturated heterocycles. The second kappa shape index (κ2) is 10.3. The summed E-state index contributed by atoms with van der Waals surface area (Å²) in [6.45, 7) is 7.53. The second-order valence-corrected chi connectivity index (χ2v) is 7.39. The van der Waals surface area contributed by atoms with Crippen LogP contribution in [-0.2, 0) is 19.1 Å². The zero-order chi connectivity index (χ0) is 21.6. The molecule has 2 heterocycles. The van der Waals surface area contributed by atoms with E-state index >= 15 is 0 Å². The summed E-state index contributed by atoms with van der Waals surface area (Å²) in [5.41, 5.74) is 0. The van der Waals surface area contributed by atoms with Crippen LogP contribution in [0.15, 0.2) is 0 Å². The van der Waals surface area contributed by atoms with Crippen molar-refractivity contribution in [3.05, 3.63) is 0 Å². The number of rotatable bonds is 4. The Morgan fingerprint density at radius 2 is 1.62 bits per heavy atom. The number of methoxy groups -OCH3 is 1. The molecular formula is C18H31N5O6. The van der Waals surface area contributed by atoms with Crippen molar-refractivity contribution < 1.29 is 28.7 Å². The third-order valence-electron chi connectivity index (χ3n) is 4.82. The average molecular weight is 413 g/mol. The van der Waals surface area contributed by atoms with Crippen LogP contribution in [0, 0.1) is 0 Å². The van der Waals surface area contributed by atoms with Crippen molar-refractivity contribution in [2.75, 3.05) is 53.0 Å². The van der Waals surface area contributed by atoms with Crippen LogP contribution < -0.4 is 10.6 Å². The number of hydrogen-bond donors (Lipinski definition) is 2. The number of nitrogens with zero attached hydrogens (tertiary/aromatic N) is 3. The molecule has 2 fully saturated rings. The normalized spacial score (nSPS) is 20.9. The Balaban J connectivity index is 2.15. The van der Waals surface area contributed by atoms with Crippen LogP contribution in [0.2, 0.25) is 0 Å². The molecule has 2 atom stereocenters. The van der Waals surface area contributed by atoms with E-state index in [1.807, 2.05) is 13.8 Å². The maximum absolute atomic E-state index is 13.0. The lowest BCUT2D eigenvalue weighted by Crippen LogP contribution is -2.66. The Bertz CT molecular complexity index is 622. The van der Waals surface area contributed by atoms with E-state index in [2.05, 4.69) is 15.4 Å². The Morgan fingerprint density at radius 1 is 0.966 bits per heavy atom. The van der Waals surface area contributed by atoms with E-state index in [9.17, 15) is 19.2 Å². The standard InChI is InChI=1S/C18H31N5O6/c1-12(2)19-17(26)22-5-6-23(18(27)21-7-9-29-10-8-21)14(11-22)15(24)20-13(3)16(25)28-4/h12-14H,5-11H2,1-4H3,(H,19,26)(H,20,24). The number of nitrogens with one attached hydrogen (secondary N) is 2. The zero-order valence-corrected chi connectivity index (χ0v) is 17.5. The average Bonchev–Trinajstić information content (AvgIpc) is 2.72. The van der Waals surface area contributed by atoms with Crippen molar-refractivity contribution in [3.8, 4) is 0 Å². The molecule has 29 heavy (non-hydrogen) atoms. The van der Waals surface area contributed by atoms with Crippen molar-refractivity contribution in [2.45, 2.75) is 38.9 Å². The lowest BCUT2D eigenvalue weighted by atomic mass is 10.1. The minimum absolute atomic E-state index is 0.0361. The van der Waals surface area contributed by atoms with Gasteiger partial charge in [0.05, 0.1) is 26.9 Å². The Morgan fingerprint density at radius 3 is 2.21 bits per heavy atom. The lowest BCUT2D eigenvalue weighted by Gasteiger charge is -2.43. The molecule has 2 N–H and O–H groups in total. The molecule has 2 aliphatic heterocycles. The molecule has 5 amide bonds. The van der Waals surface area contributed by atoms with Gasteiger partial charge >= 0.3 is 18.0 Å². The second-order valence-electron chi connectivity index (χ2n) is 7.39. The molecule has 0 aromatic heterocycles. The topological polar surface area (TPSA) is 121 Å². The maximum Gasteiger partial charge on any atom is 0.328 e. The first-order valence-electron chi connectivity index (χ1n) is 9.81. The number of amides is 5. The van der Waals surface area contributed by atoms with Crippen LogP contribution >= 0.6 is 0 Å². The minimum atomic E-state index is -0.913. The van der Waals surface area contributed by atoms with E-state index in [0.717, 1.165) is 0 Å². The first-order valence-corrected chi connectivity index (χ1v) is 9.81. The zero-order valence-electron chi connectivity index (χ0n) is 17.5. The van der Waals surface area contributed by atoms with Crippen molar-refractivity contribution in [3.63, 3.8) is 0 Å². The van der Waals surface area contributed by atoms with Gasteiger partial charge in [-0.1, -0.05) is 0 Å². The highest BCUT2D eigenvalue weighted by Gasteiger charge is 2.39. The van der Waals surface area contributed by atoms with Gasteiger partial charge in [-0.3, -0.25) is 4.79 Å². The number of urea groups is 2. The molecule has 0 spiro atoms. The number of morpholine rings is 1. The molecule has 2 aliphatic rings. The first-order chi connectivity index (χ1) is 13.7. The van der Waals surface area contributed by atoms with Crippen molar-refractivity contribution in [1.29, 1.82) is 0 Å². The molecule has 11 nitrogen and oxygen atoms in total. The highest BCUT2D eigenvalue weighted by atomic mass is 16.5. The van der Waals surface area contributed by atoms with Gasteiger partial charge in [-0.25, -0.2) is 14.4 Å². The van der Waals surface area contributed by atoms with Crippen LogP contribution in [-0.4, -0.2) is 110 Å². The molecule has 11 heteroatoms.